The van der Waals surface area contributed by atoms with Gasteiger partial charge in [-0.25, -0.2) is 0 Å². The summed E-state index contributed by atoms with van der Waals surface area (Å²) in [6, 6.07) is 0. The van der Waals surface area contributed by atoms with Crippen LogP contribution in [0.25, 0.3) is 0 Å². The van der Waals surface area contributed by atoms with Crippen LogP contribution in [0.2, 0.25) is 0 Å². The Bertz CT molecular complexity index is 341. The molecule has 0 saturated carbocycles. The molecule has 0 amide bonds. The van der Waals surface area contributed by atoms with E-state index >= 15 is 0 Å². The Morgan fingerprint density at radius 1 is 0.731 bits per heavy atom. The van der Waals surface area contributed by atoms with E-state index in [1.54, 1.807) is 0 Å². The average Bonchev–Trinajstić information content (AvgIpc) is 2.59. The fourth-order valence-electron chi connectivity index (χ4n) is 3.20. The third kappa shape index (κ3) is 17.8. The molecule has 4 heteroatoms. The smallest absolute Gasteiger partial charge is 0.307 e. The molecule has 0 spiro atoms. The summed E-state index contributed by atoms with van der Waals surface area (Å²) in [4.78, 5) is 22.9. The molecule has 26 heavy (non-hydrogen) atoms. The van der Waals surface area contributed by atoms with Gasteiger partial charge < -0.3 is 9.84 Å². The molecule has 1 N–H and O–H groups in total. The summed E-state index contributed by atoms with van der Waals surface area (Å²) in [7, 11) is 0. The van der Waals surface area contributed by atoms with Crippen LogP contribution < -0.4 is 0 Å². The Hall–Kier alpha value is -1.06. The number of carboxylic acid groups (broad SMARTS) is 1. The monoisotopic (exact) mass is 370 g/mol. The molecule has 0 aromatic carbocycles. The number of carbonyl (C=O) groups is 2. The Morgan fingerprint density at radius 3 is 1.69 bits per heavy atom. The van der Waals surface area contributed by atoms with E-state index in [1.165, 1.54) is 51.4 Å². The van der Waals surface area contributed by atoms with Crippen molar-refractivity contribution in [1.82, 2.24) is 0 Å². The molecule has 4 nitrogen and oxygen atoms in total. The second-order valence-electron chi connectivity index (χ2n) is 7.49. The summed E-state index contributed by atoms with van der Waals surface area (Å²) in [5, 5.41) is 8.97. The van der Waals surface area contributed by atoms with Gasteiger partial charge in [0.15, 0.2) is 0 Å². The second kappa shape index (κ2) is 18.7. The maximum absolute atomic E-state index is 11.9. The van der Waals surface area contributed by atoms with E-state index in [0.29, 0.717) is 12.8 Å². The van der Waals surface area contributed by atoms with Crippen molar-refractivity contribution in [2.24, 2.45) is 0 Å². The van der Waals surface area contributed by atoms with E-state index in [2.05, 4.69) is 13.8 Å². The van der Waals surface area contributed by atoms with Crippen LogP contribution in [0.1, 0.15) is 123 Å². The third-order valence-corrected chi connectivity index (χ3v) is 4.81. The number of hydrogen-bond acceptors (Lipinski definition) is 3. The number of hydrogen-bond donors (Lipinski definition) is 1. The van der Waals surface area contributed by atoms with E-state index < -0.39 is 12.1 Å². The van der Waals surface area contributed by atoms with Gasteiger partial charge in [-0.05, 0) is 19.3 Å². The normalized spacial score (nSPS) is 12.1. The van der Waals surface area contributed by atoms with E-state index in [1.807, 2.05) is 0 Å². The second-order valence-corrected chi connectivity index (χ2v) is 7.49. The van der Waals surface area contributed by atoms with Crippen molar-refractivity contribution in [1.29, 1.82) is 0 Å². The van der Waals surface area contributed by atoms with Crippen LogP contribution in [0.3, 0.4) is 0 Å². The summed E-state index contributed by atoms with van der Waals surface area (Å²) < 4.78 is 5.40. The molecule has 0 aliphatic rings. The number of carboxylic acids is 1. The van der Waals surface area contributed by atoms with E-state index in [9.17, 15) is 9.59 Å². The highest BCUT2D eigenvalue weighted by molar-refractivity contribution is 5.71. The highest BCUT2D eigenvalue weighted by Crippen LogP contribution is 2.15. The van der Waals surface area contributed by atoms with Gasteiger partial charge in [0.05, 0.1) is 6.42 Å². The molecule has 1 unspecified atom stereocenters. The minimum Gasteiger partial charge on any atom is -0.481 e. The quantitative estimate of drug-likeness (QED) is 0.204. The minimum absolute atomic E-state index is 0.0735. The lowest BCUT2D eigenvalue weighted by Crippen LogP contribution is -2.21. The van der Waals surface area contributed by atoms with Gasteiger partial charge in [0.1, 0.15) is 6.10 Å². The van der Waals surface area contributed by atoms with E-state index in [-0.39, 0.29) is 12.4 Å². The van der Waals surface area contributed by atoms with Gasteiger partial charge in [-0.1, -0.05) is 90.9 Å². The summed E-state index contributed by atoms with van der Waals surface area (Å²) in [6.45, 7) is 4.38. The van der Waals surface area contributed by atoms with Gasteiger partial charge in [-0.2, -0.15) is 0 Å². The first-order valence-corrected chi connectivity index (χ1v) is 11.0. The number of esters is 1. The average molecular weight is 371 g/mol. The Balaban J connectivity index is 3.69. The largest absolute Gasteiger partial charge is 0.481 e. The van der Waals surface area contributed by atoms with Crippen LogP contribution in [0, 0.1) is 0 Å². The Morgan fingerprint density at radius 2 is 1.19 bits per heavy atom. The summed E-state index contributed by atoms with van der Waals surface area (Å²) in [6.07, 6.45) is 17.2. The summed E-state index contributed by atoms with van der Waals surface area (Å²) in [5.74, 6) is -1.12. The first kappa shape index (κ1) is 24.9. The minimum atomic E-state index is -0.891. The maximum Gasteiger partial charge on any atom is 0.307 e. The number of carbonyl (C=O) groups excluding carboxylic acids is 1. The molecule has 154 valence electrons. The zero-order valence-electron chi connectivity index (χ0n) is 17.3. The third-order valence-electron chi connectivity index (χ3n) is 4.81. The summed E-state index contributed by atoms with van der Waals surface area (Å²) in [5.41, 5.74) is 0. The standard InChI is InChI=1S/C22H42O4/c1-3-5-7-9-10-11-12-13-14-16-18-22(25)26-20(19-21(23)24)17-15-8-6-4-2/h20H,3-19H2,1-2H3,(H,23,24). The number of ether oxygens (including phenoxy) is 1. The first-order valence-electron chi connectivity index (χ1n) is 11.0. The Kier molecular flexibility index (Phi) is 18.0. The van der Waals surface area contributed by atoms with Gasteiger partial charge in [0, 0.05) is 6.42 Å². The van der Waals surface area contributed by atoms with Crippen molar-refractivity contribution in [3.05, 3.63) is 0 Å². The summed E-state index contributed by atoms with van der Waals surface area (Å²) >= 11 is 0. The van der Waals surface area contributed by atoms with Crippen LogP contribution in [0.4, 0.5) is 0 Å². The fraction of sp³-hybridized carbons (Fsp3) is 0.909. The van der Waals surface area contributed by atoms with Gasteiger partial charge in [-0.3, -0.25) is 9.59 Å². The zero-order chi connectivity index (χ0) is 19.5. The molecular formula is C22H42O4. The molecule has 1 atom stereocenters. The lowest BCUT2D eigenvalue weighted by molar-refractivity contribution is -0.153. The van der Waals surface area contributed by atoms with Crippen molar-refractivity contribution < 1.29 is 19.4 Å². The van der Waals surface area contributed by atoms with Crippen LogP contribution in [-0.4, -0.2) is 23.1 Å². The lowest BCUT2D eigenvalue weighted by atomic mass is 10.1. The fourth-order valence-corrected chi connectivity index (χ4v) is 3.20. The predicted octanol–water partition coefficient (Wildman–Crippen LogP) is 6.65. The molecule has 0 aliphatic carbocycles. The molecule has 0 bridgehead atoms. The molecule has 0 saturated heterocycles. The number of unbranched alkanes of at least 4 members (excludes halogenated alkanes) is 12. The SMILES string of the molecule is CCCCCCCCCCCCC(=O)OC(CCCCCC)CC(=O)O. The van der Waals surface area contributed by atoms with Crippen molar-refractivity contribution in [3.8, 4) is 0 Å². The van der Waals surface area contributed by atoms with Crippen molar-refractivity contribution in [2.75, 3.05) is 0 Å². The van der Waals surface area contributed by atoms with Crippen LogP contribution >= 0.6 is 0 Å². The van der Waals surface area contributed by atoms with Crippen LogP contribution in [0.15, 0.2) is 0 Å². The van der Waals surface area contributed by atoms with E-state index in [0.717, 1.165) is 38.5 Å². The first-order chi connectivity index (χ1) is 12.6. The molecule has 0 aliphatic heterocycles. The molecule has 0 aromatic rings. The van der Waals surface area contributed by atoms with E-state index in [4.69, 9.17) is 9.84 Å². The van der Waals surface area contributed by atoms with Gasteiger partial charge in [0.2, 0.25) is 0 Å². The number of aliphatic carboxylic acids is 1. The van der Waals surface area contributed by atoms with Gasteiger partial charge in [-0.15, -0.1) is 0 Å². The van der Waals surface area contributed by atoms with Crippen molar-refractivity contribution in [3.63, 3.8) is 0 Å². The number of rotatable bonds is 19. The Labute approximate surface area is 161 Å². The highest BCUT2D eigenvalue weighted by atomic mass is 16.5. The highest BCUT2D eigenvalue weighted by Gasteiger charge is 2.17. The molecule has 0 radical (unpaired) electrons. The maximum atomic E-state index is 11.9. The molecule has 0 aromatic heterocycles. The van der Waals surface area contributed by atoms with Crippen molar-refractivity contribution in [2.45, 2.75) is 129 Å². The van der Waals surface area contributed by atoms with Crippen LogP contribution in [-0.2, 0) is 14.3 Å². The zero-order valence-corrected chi connectivity index (χ0v) is 17.3. The molecule has 0 rings (SSSR count). The topological polar surface area (TPSA) is 63.6 Å². The predicted molar refractivity (Wildman–Crippen MR) is 107 cm³/mol. The van der Waals surface area contributed by atoms with Crippen molar-refractivity contribution >= 4 is 11.9 Å². The van der Waals surface area contributed by atoms with Gasteiger partial charge in [0.25, 0.3) is 0 Å². The lowest BCUT2D eigenvalue weighted by Gasteiger charge is -2.16. The molecular weight excluding hydrogens is 328 g/mol. The molecule has 0 fully saturated rings. The van der Waals surface area contributed by atoms with Crippen LogP contribution in [0.5, 0.6) is 0 Å². The molecule has 0 heterocycles. The van der Waals surface area contributed by atoms with Gasteiger partial charge >= 0.3 is 11.9 Å².